The first-order valence-electron chi connectivity index (χ1n) is 11.2. The summed E-state index contributed by atoms with van der Waals surface area (Å²) in [4.78, 5) is 29.9. The summed E-state index contributed by atoms with van der Waals surface area (Å²) in [6.07, 6.45) is 2.28. The highest BCUT2D eigenvalue weighted by molar-refractivity contribution is 5.97. The van der Waals surface area contributed by atoms with Gasteiger partial charge in [-0.1, -0.05) is 30.3 Å². The molecule has 178 valence electrons. The van der Waals surface area contributed by atoms with Gasteiger partial charge in [-0.15, -0.1) is 0 Å². The van der Waals surface area contributed by atoms with E-state index in [2.05, 4.69) is 0 Å². The van der Waals surface area contributed by atoms with Crippen molar-refractivity contribution in [2.75, 3.05) is 40.1 Å². The fourth-order valence-electron chi connectivity index (χ4n) is 3.72. The van der Waals surface area contributed by atoms with E-state index in [1.54, 1.807) is 42.5 Å². The minimum atomic E-state index is -0.273. The SMILES string of the molecule is COCCN(CC(=O)N(CCc1ccccc1)Cc1ccco1)C(=O)c1ccc2c(c1)OCO2. The molecule has 1 aliphatic rings. The summed E-state index contributed by atoms with van der Waals surface area (Å²) in [5, 5.41) is 0. The van der Waals surface area contributed by atoms with Crippen LogP contribution in [0.5, 0.6) is 11.5 Å². The Balaban J connectivity index is 1.48. The second kappa shape index (κ2) is 11.4. The summed E-state index contributed by atoms with van der Waals surface area (Å²) >= 11 is 0. The van der Waals surface area contributed by atoms with Crippen LogP contribution in [-0.2, 0) is 22.5 Å². The number of furan rings is 1. The van der Waals surface area contributed by atoms with Gasteiger partial charge >= 0.3 is 0 Å². The molecule has 8 nitrogen and oxygen atoms in total. The van der Waals surface area contributed by atoms with Crippen molar-refractivity contribution in [2.24, 2.45) is 0 Å². The van der Waals surface area contributed by atoms with Crippen LogP contribution in [0, 0.1) is 0 Å². The molecule has 4 rings (SSSR count). The lowest BCUT2D eigenvalue weighted by Gasteiger charge is -2.27. The lowest BCUT2D eigenvalue weighted by atomic mass is 10.1. The Morgan fingerprint density at radius 3 is 2.53 bits per heavy atom. The van der Waals surface area contributed by atoms with Crippen LogP contribution in [0.4, 0.5) is 0 Å². The van der Waals surface area contributed by atoms with Gasteiger partial charge in [0.15, 0.2) is 11.5 Å². The van der Waals surface area contributed by atoms with Crippen molar-refractivity contribution in [2.45, 2.75) is 13.0 Å². The second-order valence-corrected chi connectivity index (χ2v) is 7.92. The first-order chi connectivity index (χ1) is 16.6. The van der Waals surface area contributed by atoms with Crippen molar-refractivity contribution < 1.29 is 28.2 Å². The molecule has 0 spiro atoms. The van der Waals surface area contributed by atoms with E-state index in [4.69, 9.17) is 18.6 Å². The number of nitrogens with zero attached hydrogens (tertiary/aromatic N) is 2. The summed E-state index contributed by atoms with van der Waals surface area (Å²) in [7, 11) is 1.56. The van der Waals surface area contributed by atoms with Crippen molar-refractivity contribution in [3.05, 3.63) is 83.8 Å². The van der Waals surface area contributed by atoms with Gasteiger partial charge in [-0.05, 0) is 42.3 Å². The first kappa shape index (κ1) is 23.4. The average molecular weight is 465 g/mol. The Bertz CT molecular complexity index is 1080. The van der Waals surface area contributed by atoms with Crippen LogP contribution < -0.4 is 9.47 Å². The molecule has 3 aromatic rings. The van der Waals surface area contributed by atoms with Crippen LogP contribution >= 0.6 is 0 Å². The summed E-state index contributed by atoms with van der Waals surface area (Å²) < 4.78 is 21.4. The zero-order chi connectivity index (χ0) is 23.8. The molecule has 8 heteroatoms. The molecule has 2 heterocycles. The molecule has 0 saturated heterocycles. The number of benzene rings is 2. The molecule has 0 atom stereocenters. The zero-order valence-corrected chi connectivity index (χ0v) is 19.1. The summed E-state index contributed by atoms with van der Waals surface area (Å²) in [5.41, 5.74) is 1.56. The van der Waals surface area contributed by atoms with Gasteiger partial charge in [0, 0.05) is 25.8 Å². The highest BCUT2D eigenvalue weighted by atomic mass is 16.7. The summed E-state index contributed by atoms with van der Waals surface area (Å²) in [6, 6.07) is 18.6. The van der Waals surface area contributed by atoms with E-state index in [-0.39, 0.29) is 31.7 Å². The number of rotatable bonds is 11. The summed E-state index contributed by atoms with van der Waals surface area (Å²) in [6.45, 7) is 1.47. The van der Waals surface area contributed by atoms with E-state index in [0.29, 0.717) is 48.9 Å². The van der Waals surface area contributed by atoms with Crippen molar-refractivity contribution in [1.82, 2.24) is 9.80 Å². The lowest BCUT2D eigenvalue weighted by molar-refractivity contribution is -0.132. The minimum Gasteiger partial charge on any atom is -0.467 e. The van der Waals surface area contributed by atoms with Gasteiger partial charge in [0.05, 0.1) is 19.4 Å². The Labute approximate surface area is 198 Å². The third-order valence-corrected chi connectivity index (χ3v) is 5.59. The Kier molecular flexibility index (Phi) is 7.83. The normalized spacial score (nSPS) is 11.9. The third kappa shape index (κ3) is 5.96. The number of carbonyl (C=O) groups excluding carboxylic acids is 2. The quantitative estimate of drug-likeness (QED) is 0.433. The van der Waals surface area contributed by atoms with Crippen molar-refractivity contribution in [3.8, 4) is 11.5 Å². The minimum absolute atomic E-state index is 0.0772. The molecular formula is C26H28N2O6. The van der Waals surface area contributed by atoms with E-state index in [1.807, 2.05) is 36.4 Å². The van der Waals surface area contributed by atoms with E-state index in [1.165, 1.54) is 4.90 Å². The van der Waals surface area contributed by atoms with E-state index < -0.39 is 0 Å². The molecule has 0 bridgehead atoms. The van der Waals surface area contributed by atoms with Gasteiger partial charge in [0.25, 0.3) is 5.91 Å². The van der Waals surface area contributed by atoms with Crippen LogP contribution in [0.25, 0.3) is 0 Å². The Hall–Kier alpha value is -3.78. The lowest BCUT2D eigenvalue weighted by Crippen LogP contribution is -2.44. The number of hydrogen-bond donors (Lipinski definition) is 0. The first-order valence-corrected chi connectivity index (χ1v) is 11.2. The summed E-state index contributed by atoms with van der Waals surface area (Å²) in [5.74, 6) is 1.36. The monoisotopic (exact) mass is 464 g/mol. The van der Waals surface area contributed by atoms with Crippen LogP contribution in [0.1, 0.15) is 21.7 Å². The van der Waals surface area contributed by atoms with Crippen molar-refractivity contribution in [3.63, 3.8) is 0 Å². The molecular weight excluding hydrogens is 436 g/mol. The molecule has 2 aromatic carbocycles. The highest BCUT2D eigenvalue weighted by Gasteiger charge is 2.25. The van der Waals surface area contributed by atoms with E-state index in [9.17, 15) is 9.59 Å². The molecule has 0 radical (unpaired) electrons. The largest absolute Gasteiger partial charge is 0.467 e. The van der Waals surface area contributed by atoms with Crippen LogP contribution in [0.2, 0.25) is 0 Å². The maximum atomic E-state index is 13.4. The van der Waals surface area contributed by atoms with Gasteiger partial charge in [-0.3, -0.25) is 9.59 Å². The van der Waals surface area contributed by atoms with Crippen LogP contribution in [-0.4, -0.2) is 61.8 Å². The van der Waals surface area contributed by atoms with Gasteiger partial charge < -0.3 is 28.4 Å². The van der Waals surface area contributed by atoms with Crippen LogP contribution in [0.15, 0.2) is 71.3 Å². The molecule has 0 unspecified atom stereocenters. The van der Waals surface area contributed by atoms with Crippen molar-refractivity contribution in [1.29, 1.82) is 0 Å². The molecule has 2 amide bonds. The van der Waals surface area contributed by atoms with Crippen molar-refractivity contribution >= 4 is 11.8 Å². The van der Waals surface area contributed by atoms with Gasteiger partial charge in [-0.25, -0.2) is 0 Å². The second-order valence-electron chi connectivity index (χ2n) is 7.92. The maximum Gasteiger partial charge on any atom is 0.254 e. The maximum absolute atomic E-state index is 13.4. The van der Waals surface area contributed by atoms with E-state index in [0.717, 1.165) is 5.56 Å². The number of ether oxygens (including phenoxy) is 3. The van der Waals surface area contributed by atoms with Gasteiger partial charge in [-0.2, -0.15) is 0 Å². The molecule has 1 aromatic heterocycles. The number of carbonyl (C=O) groups is 2. The molecule has 0 N–H and O–H groups in total. The molecule has 0 fully saturated rings. The Morgan fingerprint density at radius 2 is 1.76 bits per heavy atom. The standard InChI is InChI=1S/C26H28N2O6/c1-31-15-13-28(26(30)21-9-10-23-24(16-21)34-19-33-23)18-25(29)27(17-22-8-5-14-32-22)12-11-20-6-3-2-4-7-20/h2-10,14,16H,11-13,15,17-19H2,1H3. The van der Waals surface area contributed by atoms with Crippen LogP contribution in [0.3, 0.4) is 0 Å². The molecule has 0 aliphatic carbocycles. The Morgan fingerprint density at radius 1 is 0.941 bits per heavy atom. The van der Waals surface area contributed by atoms with E-state index >= 15 is 0 Å². The average Bonchev–Trinajstić information content (AvgIpc) is 3.56. The number of methoxy groups -OCH3 is 1. The molecule has 1 aliphatic heterocycles. The van der Waals surface area contributed by atoms with Gasteiger partial charge in [0.1, 0.15) is 12.3 Å². The predicted molar refractivity (Wildman–Crippen MR) is 125 cm³/mol. The molecule has 34 heavy (non-hydrogen) atoms. The smallest absolute Gasteiger partial charge is 0.254 e. The number of hydrogen-bond acceptors (Lipinski definition) is 6. The predicted octanol–water partition coefficient (Wildman–Crippen LogP) is 3.37. The number of amides is 2. The molecule has 0 saturated carbocycles. The highest BCUT2D eigenvalue weighted by Crippen LogP contribution is 2.32. The third-order valence-electron chi connectivity index (χ3n) is 5.59. The number of fused-ring (bicyclic) bond motifs is 1. The topological polar surface area (TPSA) is 81.5 Å². The fraction of sp³-hybridized carbons (Fsp3) is 0.308. The zero-order valence-electron chi connectivity index (χ0n) is 19.1. The fourth-order valence-corrected chi connectivity index (χ4v) is 3.72. The van der Waals surface area contributed by atoms with Gasteiger partial charge in [0.2, 0.25) is 12.7 Å².